The summed E-state index contributed by atoms with van der Waals surface area (Å²) in [5, 5.41) is 11.8. The van der Waals surface area contributed by atoms with Crippen LogP contribution in [0.4, 0.5) is 5.69 Å². The lowest BCUT2D eigenvalue weighted by atomic mass is 10.1. The SMILES string of the molecule is C#CCNc1c(C)cccc1C(=O)O. The van der Waals surface area contributed by atoms with Gasteiger partial charge in [-0.15, -0.1) is 6.42 Å². The number of nitrogens with one attached hydrogen (secondary N) is 1. The molecule has 0 bridgehead atoms. The highest BCUT2D eigenvalue weighted by Gasteiger charge is 2.10. The maximum Gasteiger partial charge on any atom is 0.337 e. The van der Waals surface area contributed by atoms with Gasteiger partial charge in [0.1, 0.15) is 0 Å². The van der Waals surface area contributed by atoms with Crippen LogP contribution in [0.15, 0.2) is 18.2 Å². The fourth-order valence-corrected chi connectivity index (χ4v) is 1.22. The number of aromatic carboxylic acids is 1. The molecule has 3 nitrogen and oxygen atoms in total. The first kappa shape index (κ1) is 10.1. The molecule has 0 heterocycles. The van der Waals surface area contributed by atoms with Crippen molar-refractivity contribution in [2.24, 2.45) is 0 Å². The van der Waals surface area contributed by atoms with Gasteiger partial charge in [-0.05, 0) is 18.6 Å². The molecule has 1 aromatic rings. The van der Waals surface area contributed by atoms with Crippen LogP contribution in [0.2, 0.25) is 0 Å². The molecule has 1 rings (SSSR count). The number of carboxylic acids is 1. The molecule has 0 spiro atoms. The van der Waals surface area contributed by atoms with Crippen LogP contribution < -0.4 is 5.32 Å². The summed E-state index contributed by atoms with van der Waals surface area (Å²) in [6, 6.07) is 5.10. The van der Waals surface area contributed by atoms with Gasteiger partial charge in [0.25, 0.3) is 0 Å². The Labute approximate surface area is 82.8 Å². The highest BCUT2D eigenvalue weighted by Crippen LogP contribution is 2.19. The third-order valence-electron chi connectivity index (χ3n) is 1.87. The summed E-state index contributed by atoms with van der Waals surface area (Å²) in [4.78, 5) is 10.8. The van der Waals surface area contributed by atoms with Crippen molar-refractivity contribution in [3.05, 3.63) is 29.3 Å². The van der Waals surface area contributed by atoms with E-state index in [0.717, 1.165) is 5.56 Å². The van der Waals surface area contributed by atoms with Crippen LogP contribution in [0, 0.1) is 19.3 Å². The van der Waals surface area contributed by atoms with Crippen LogP contribution in [0.1, 0.15) is 15.9 Å². The zero-order chi connectivity index (χ0) is 10.6. The maximum absolute atomic E-state index is 10.8. The molecule has 0 saturated carbocycles. The number of para-hydroxylation sites is 1. The Morgan fingerprint density at radius 3 is 2.93 bits per heavy atom. The first-order valence-electron chi connectivity index (χ1n) is 4.17. The number of rotatable bonds is 3. The molecule has 3 heteroatoms. The molecule has 0 radical (unpaired) electrons. The molecule has 0 aliphatic carbocycles. The smallest absolute Gasteiger partial charge is 0.337 e. The van der Waals surface area contributed by atoms with Crippen LogP contribution in [-0.2, 0) is 0 Å². The van der Waals surface area contributed by atoms with E-state index in [9.17, 15) is 4.79 Å². The van der Waals surface area contributed by atoms with E-state index in [1.807, 2.05) is 13.0 Å². The summed E-state index contributed by atoms with van der Waals surface area (Å²) >= 11 is 0. The van der Waals surface area contributed by atoms with E-state index < -0.39 is 5.97 Å². The van der Waals surface area contributed by atoms with Crippen LogP contribution >= 0.6 is 0 Å². The van der Waals surface area contributed by atoms with E-state index in [1.54, 1.807) is 12.1 Å². The number of hydrogen-bond donors (Lipinski definition) is 2. The zero-order valence-corrected chi connectivity index (χ0v) is 7.87. The monoisotopic (exact) mass is 189 g/mol. The van der Waals surface area contributed by atoms with Crippen molar-refractivity contribution in [2.75, 3.05) is 11.9 Å². The Morgan fingerprint density at radius 2 is 2.36 bits per heavy atom. The van der Waals surface area contributed by atoms with Crippen molar-refractivity contribution in [3.63, 3.8) is 0 Å². The van der Waals surface area contributed by atoms with Crippen LogP contribution in [0.25, 0.3) is 0 Å². The normalized spacial score (nSPS) is 9.14. The van der Waals surface area contributed by atoms with Crippen molar-refractivity contribution < 1.29 is 9.90 Å². The van der Waals surface area contributed by atoms with Crippen molar-refractivity contribution in [2.45, 2.75) is 6.92 Å². The largest absolute Gasteiger partial charge is 0.478 e. The number of benzene rings is 1. The summed E-state index contributed by atoms with van der Waals surface area (Å²) in [6.45, 7) is 2.16. The van der Waals surface area contributed by atoms with Gasteiger partial charge in [0.2, 0.25) is 0 Å². The molecule has 0 amide bonds. The number of carboxylic acid groups (broad SMARTS) is 1. The van der Waals surface area contributed by atoms with E-state index in [2.05, 4.69) is 11.2 Å². The van der Waals surface area contributed by atoms with E-state index in [4.69, 9.17) is 11.5 Å². The van der Waals surface area contributed by atoms with Gasteiger partial charge < -0.3 is 10.4 Å². The first-order chi connectivity index (χ1) is 6.66. The lowest BCUT2D eigenvalue weighted by molar-refractivity contribution is 0.0698. The molecule has 0 aliphatic rings. The van der Waals surface area contributed by atoms with Crippen LogP contribution in [0.3, 0.4) is 0 Å². The molecule has 72 valence electrons. The predicted molar refractivity (Wildman–Crippen MR) is 55.5 cm³/mol. The molecule has 0 aliphatic heterocycles. The van der Waals surface area contributed by atoms with Gasteiger partial charge >= 0.3 is 5.97 Å². The van der Waals surface area contributed by atoms with Crippen LogP contribution in [0.5, 0.6) is 0 Å². The number of aryl methyl sites for hydroxylation is 1. The van der Waals surface area contributed by atoms with Crippen LogP contribution in [-0.4, -0.2) is 17.6 Å². The Kier molecular flexibility index (Phi) is 3.14. The maximum atomic E-state index is 10.8. The fraction of sp³-hybridized carbons (Fsp3) is 0.182. The summed E-state index contributed by atoms with van der Waals surface area (Å²) in [5.74, 6) is 1.45. The number of carbonyl (C=O) groups is 1. The van der Waals surface area contributed by atoms with Gasteiger partial charge in [0.15, 0.2) is 0 Å². The zero-order valence-electron chi connectivity index (χ0n) is 7.87. The average molecular weight is 189 g/mol. The standard InChI is InChI=1S/C11H11NO2/c1-3-7-12-10-8(2)5-4-6-9(10)11(13)14/h1,4-6,12H,7H2,2H3,(H,13,14). The van der Waals surface area contributed by atoms with Crippen molar-refractivity contribution in [1.29, 1.82) is 0 Å². The van der Waals surface area contributed by atoms with Crippen molar-refractivity contribution in [1.82, 2.24) is 0 Å². The minimum absolute atomic E-state index is 0.250. The highest BCUT2D eigenvalue weighted by molar-refractivity contribution is 5.95. The van der Waals surface area contributed by atoms with Gasteiger partial charge in [-0.3, -0.25) is 0 Å². The second-order valence-electron chi connectivity index (χ2n) is 2.86. The third kappa shape index (κ3) is 2.05. The first-order valence-corrected chi connectivity index (χ1v) is 4.17. The Bertz CT molecular complexity index is 391. The van der Waals surface area contributed by atoms with E-state index in [-0.39, 0.29) is 5.56 Å². The second kappa shape index (κ2) is 4.33. The van der Waals surface area contributed by atoms with Crippen molar-refractivity contribution in [3.8, 4) is 12.3 Å². The topological polar surface area (TPSA) is 49.3 Å². The molecular formula is C11H11NO2. The Morgan fingerprint density at radius 1 is 1.64 bits per heavy atom. The summed E-state index contributed by atoms with van der Waals surface area (Å²) in [5.41, 5.74) is 1.72. The molecule has 0 aromatic heterocycles. The molecule has 0 unspecified atom stereocenters. The minimum atomic E-state index is -0.951. The summed E-state index contributed by atoms with van der Waals surface area (Å²) in [6.07, 6.45) is 5.09. The average Bonchev–Trinajstić information content (AvgIpc) is 2.15. The number of anilines is 1. The molecular weight excluding hydrogens is 178 g/mol. The van der Waals surface area contributed by atoms with Gasteiger partial charge in [0, 0.05) is 0 Å². The molecule has 2 N–H and O–H groups in total. The molecule has 0 saturated heterocycles. The summed E-state index contributed by atoms with van der Waals surface area (Å²) in [7, 11) is 0. The highest BCUT2D eigenvalue weighted by atomic mass is 16.4. The summed E-state index contributed by atoms with van der Waals surface area (Å²) < 4.78 is 0. The van der Waals surface area contributed by atoms with E-state index >= 15 is 0 Å². The quantitative estimate of drug-likeness (QED) is 0.712. The van der Waals surface area contributed by atoms with Crippen molar-refractivity contribution >= 4 is 11.7 Å². The fourth-order valence-electron chi connectivity index (χ4n) is 1.22. The van der Waals surface area contributed by atoms with Gasteiger partial charge in [-0.2, -0.15) is 0 Å². The molecule has 0 fully saturated rings. The number of hydrogen-bond acceptors (Lipinski definition) is 2. The number of terminal acetylenes is 1. The minimum Gasteiger partial charge on any atom is -0.478 e. The lowest BCUT2D eigenvalue weighted by Crippen LogP contribution is -2.07. The molecule has 1 aromatic carbocycles. The second-order valence-corrected chi connectivity index (χ2v) is 2.86. The Balaban J connectivity index is 3.10. The van der Waals surface area contributed by atoms with Gasteiger partial charge in [0.05, 0.1) is 17.8 Å². The van der Waals surface area contributed by atoms with Gasteiger partial charge in [-0.25, -0.2) is 4.79 Å². The van der Waals surface area contributed by atoms with Gasteiger partial charge in [-0.1, -0.05) is 18.1 Å². The molecule has 0 atom stereocenters. The third-order valence-corrected chi connectivity index (χ3v) is 1.87. The predicted octanol–water partition coefficient (Wildman–Crippen LogP) is 1.74. The molecule has 14 heavy (non-hydrogen) atoms. The van der Waals surface area contributed by atoms with E-state index in [0.29, 0.717) is 12.2 Å². The Hall–Kier alpha value is -1.95. The van der Waals surface area contributed by atoms with E-state index in [1.165, 1.54) is 0 Å². The lowest BCUT2D eigenvalue weighted by Gasteiger charge is -2.09.